The molecule has 0 radical (unpaired) electrons. The average Bonchev–Trinajstić information content (AvgIpc) is 2.77. The maximum absolute atomic E-state index is 9.25. The minimum Gasteiger partial charge on any atom is -0.478 e. The van der Waals surface area contributed by atoms with Gasteiger partial charge in [-0.2, -0.15) is 0 Å². The van der Waals surface area contributed by atoms with Gasteiger partial charge in [0.05, 0.1) is 0 Å². The van der Waals surface area contributed by atoms with E-state index in [4.69, 9.17) is 46.0 Å². The Morgan fingerprint density at radius 1 is 0.429 bits per heavy atom. The molecule has 0 saturated carbocycles. The lowest BCUT2D eigenvalue weighted by molar-refractivity contribution is -0.132. The summed E-state index contributed by atoms with van der Waals surface area (Å²) in [7, 11) is 0. The molecule has 0 rings (SSSR count). The largest absolute Gasteiger partial charge is 0.478 e. The van der Waals surface area contributed by atoms with Crippen LogP contribution < -0.4 is 0 Å². The summed E-state index contributed by atoms with van der Waals surface area (Å²) in [5.41, 5.74) is 0. The minimum atomic E-state index is -0.981. The van der Waals surface area contributed by atoms with Gasteiger partial charge in [-0.1, -0.05) is 26.3 Å². The summed E-state index contributed by atoms with van der Waals surface area (Å²) >= 11 is 0. The Morgan fingerprint density at radius 3 is 0.457 bits per heavy atom. The molecule has 13 nitrogen and oxygen atoms in total. The summed E-state index contributed by atoms with van der Waals surface area (Å²) in [6.07, 6.45) is 3.33. The van der Waals surface area contributed by atoms with E-state index >= 15 is 0 Å². The molecule has 212 valence electrons. The van der Waals surface area contributed by atoms with Gasteiger partial charge in [-0.3, -0.25) is 0 Å². The molecular weight excluding hydrogens is 472 g/mol. The zero-order valence-corrected chi connectivity index (χ0v) is 21.3. The molecule has 0 amide bonds. The van der Waals surface area contributed by atoms with Gasteiger partial charge in [0.25, 0.3) is 0 Å². The molecule has 0 aromatic carbocycles. The number of carboxylic acid groups (broad SMARTS) is 4. The highest BCUT2D eigenvalue weighted by molar-refractivity contribution is 5.79. The molecule has 0 atom stereocenters. The first-order chi connectivity index (χ1) is 16.2. The normalized spacial score (nSPS) is 6.23. The van der Waals surface area contributed by atoms with Crippen LogP contribution in [0.25, 0.3) is 0 Å². The SMILES string of the molecule is C=CC(=O)O.C=CC(=O)O.C=CC(=O)O.C=CC(=O)O.CCO.CCO.CCO.CCO.CCO. The molecule has 0 unspecified atom stereocenters. The van der Waals surface area contributed by atoms with E-state index in [0.29, 0.717) is 0 Å². The van der Waals surface area contributed by atoms with Gasteiger partial charge in [-0.15, -0.1) is 0 Å². The van der Waals surface area contributed by atoms with Crippen LogP contribution in [0, 0.1) is 0 Å². The van der Waals surface area contributed by atoms with Crippen molar-refractivity contribution in [3.8, 4) is 0 Å². The van der Waals surface area contributed by atoms with E-state index in [2.05, 4.69) is 26.3 Å². The van der Waals surface area contributed by atoms with E-state index < -0.39 is 23.9 Å². The summed E-state index contributed by atoms with van der Waals surface area (Å²) in [5.74, 6) is -3.93. The van der Waals surface area contributed by atoms with Gasteiger partial charge in [-0.05, 0) is 34.6 Å². The van der Waals surface area contributed by atoms with Gasteiger partial charge < -0.3 is 46.0 Å². The molecule has 0 aliphatic rings. The number of carbonyl (C=O) groups is 4. The lowest BCUT2D eigenvalue weighted by Crippen LogP contribution is -1.82. The molecule has 9 N–H and O–H groups in total. The van der Waals surface area contributed by atoms with Gasteiger partial charge >= 0.3 is 23.9 Å². The van der Waals surface area contributed by atoms with Crippen LogP contribution in [0.2, 0.25) is 0 Å². The summed E-state index contributed by atoms with van der Waals surface area (Å²) in [5, 5.41) is 68.3. The first-order valence-corrected chi connectivity index (χ1v) is 9.62. The van der Waals surface area contributed by atoms with Crippen LogP contribution in [-0.4, -0.2) is 103 Å². The number of aliphatic hydroxyl groups excluding tert-OH is 5. The number of hydrogen-bond donors (Lipinski definition) is 9. The van der Waals surface area contributed by atoms with E-state index in [0.717, 1.165) is 24.3 Å². The van der Waals surface area contributed by atoms with Crippen LogP contribution >= 0.6 is 0 Å². The molecule has 0 aromatic heterocycles. The van der Waals surface area contributed by atoms with Gasteiger partial charge in [0, 0.05) is 57.3 Å². The van der Waals surface area contributed by atoms with E-state index in [9.17, 15) is 19.2 Å². The number of aliphatic carboxylic acids is 4. The molecule has 0 saturated heterocycles. The number of aliphatic hydroxyl groups is 5. The average molecular weight is 519 g/mol. The Labute approximate surface area is 207 Å². The Bertz CT molecular complexity index is 365. The van der Waals surface area contributed by atoms with Crippen molar-refractivity contribution < 1.29 is 65.1 Å². The van der Waals surface area contributed by atoms with Gasteiger partial charge in [0.15, 0.2) is 0 Å². The van der Waals surface area contributed by atoms with Crippen molar-refractivity contribution in [1.82, 2.24) is 0 Å². The van der Waals surface area contributed by atoms with Gasteiger partial charge in [0.1, 0.15) is 0 Å². The van der Waals surface area contributed by atoms with Crippen molar-refractivity contribution in [3.63, 3.8) is 0 Å². The maximum atomic E-state index is 9.25. The third kappa shape index (κ3) is 1170. The fraction of sp³-hybridized carbons (Fsp3) is 0.455. The van der Waals surface area contributed by atoms with Crippen LogP contribution in [0.15, 0.2) is 50.6 Å². The predicted molar refractivity (Wildman–Crippen MR) is 135 cm³/mol. The first-order valence-electron chi connectivity index (χ1n) is 9.62. The zero-order valence-electron chi connectivity index (χ0n) is 21.3. The summed E-state index contributed by atoms with van der Waals surface area (Å²) in [6, 6.07) is 0. The second-order valence-electron chi connectivity index (χ2n) is 3.75. The second-order valence-corrected chi connectivity index (χ2v) is 3.75. The number of carboxylic acids is 4. The summed E-state index contributed by atoms with van der Waals surface area (Å²) in [6.45, 7) is 21.5. The Balaban J connectivity index is -0.0000000314. The Hall–Kier alpha value is -3.36. The van der Waals surface area contributed by atoms with E-state index in [1.54, 1.807) is 34.6 Å². The summed E-state index contributed by atoms with van der Waals surface area (Å²) < 4.78 is 0. The highest BCUT2D eigenvalue weighted by atomic mass is 16.4. The fourth-order valence-electron chi connectivity index (χ4n) is 0. The highest BCUT2D eigenvalue weighted by Crippen LogP contribution is 1.56. The molecule has 0 aromatic rings. The van der Waals surface area contributed by atoms with Crippen LogP contribution in [0.4, 0.5) is 0 Å². The first kappa shape index (κ1) is 58.0. The van der Waals surface area contributed by atoms with Crippen molar-refractivity contribution in [3.05, 3.63) is 50.6 Å². The predicted octanol–water partition coefficient (Wildman–Crippen LogP) is 1.02. The summed E-state index contributed by atoms with van der Waals surface area (Å²) in [4.78, 5) is 37.0. The Kier molecular flexibility index (Phi) is 143. The molecule has 0 aliphatic heterocycles. The van der Waals surface area contributed by atoms with Crippen molar-refractivity contribution in [2.45, 2.75) is 34.6 Å². The number of hydrogen-bond acceptors (Lipinski definition) is 9. The fourth-order valence-corrected chi connectivity index (χ4v) is 0. The third-order valence-corrected chi connectivity index (χ3v) is 0.698. The van der Waals surface area contributed by atoms with Crippen LogP contribution in [0.5, 0.6) is 0 Å². The van der Waals surface area contributed by atoms with Gasteiger partial charge in [0.2, 0.25) is 0 Å². The third-order valence-electron chi connectivity index (χ3n) is 0.698. The monoisotopic (exact) mass is 518 g/mol. The minimum absolute atomic E-state index is 0.250. The molecule has 35 heavy (non-hydrogen) atoms. The van der Waals surface area contributed by atoms with Crippen molar-refractivity contribution in [2.24, 2.45) is 0 Å². The molecule has 0 fully saturated rings. The molecule has 13 heteroatoms. The topological polar surface area (TPSA) is 250 Å². The van der Waals surface area contributed by atoms with E-state index in [1.165, 1.54) is 0 Å². The van der Waals surface area contributed by atoms with E-state index in [-0.39, 0.29) is 33.0 Å². The quantitative estimate of drug-likeness (QED) is 0.236. The molecule has 0 bridgehead atoms. The van der Waals surface area contributed by atoms with Gasteiger partial charge in [-0.25, -0.2) is 19.2 Å². The van der Waals surface area contributed by atoms with Crippen LogP contribution in [0.3, 0.4) is 0 Å². The second kappa shape index (κ2) is 86.5. The van der Waals surface area contributed by atoms with Crippen LogP contribution in [0.1, 0.15) is 34.6 Å². The zero-order chi connectivity index (χ0) is 30.7. The lowest BCUT2D eigenvalue weighted by atomic mass is 10.7. The van der Waals surface area contributed by atoms with Crippen LogP contribution in [-0.2, 0) is 19.2 Å². The molecular formula is C22H46O13. The molecule has 0 heterocycles. The van der Waals surface area contributed by atoms with E-state index in [1.807, 2.05) is 0 Å². The van der Waals surface area contributed by atoms with Crippen molar-refractivity contribution >= 4 is 23.9 Å². The number of rotatable bonds is 4. The molecule has 0 spiro atoms. The standard InChI is InChI=1S/4C3H4O2.5C2H6O/c4*1-2-3(4)5;5*1-2-3/h4*2H,1H2,(H,4,5);5*3H,2H2,1H3. The van der Waals surface area contributed by atoms with Crippen molar-refractivity contribution in [1.29, 1.82) is 0 Å². The maximum Gasteiger partial charge on any atom is 0.327 e. The Morgan fingerprint density at radius 2 is 0.457 bits per heavy atom. The van der Waals surface area contributed by atoms with Crippen molar-refractivity contribution in [2.75, 3.05) is 33.0 Å². The lowest BCUT2D eigenvalue weighted by Gasteiger charge is -1.64. The molecule has 0 aliphatic carbocycles. The highest BCUT2D eigenvalue weighted by Gasteiger charge is 1.74. The smallest absolute Gasteiger partial charge is 0.327 e.